The number of para-hydroxylation sites is 2. The quantitative estimate of drug-likeness (QED) is 0.125. The Labute approximate surface area is 273 Å². The smallest absolute Gasteiger partial charge is 0.195 e. The molecule has 0 saturated carbocycles. The number of ether oxygens (including phenoxy) is 1. The molecule has 2 atom stereocenters. The van der Waals surface area contributed by atoms with Crippen molar-refractivity contribution in [1.82, 2.24) is 29.5 Å². The maximum Gasteiger partial charge on any atom is 0.195 e. The van der Waals surface area contributed by atoms with Crippen LogP contribution in [0.25, 0.3) is 11.4 Å². The van der Waals surface area contributed by atoms with Gasteiger partial charge in [0, 0.05) is 22.9 Å². The standard InChI is InChI=1S/C36H36N6OS2/c1-25-15-11-13-21-31(25)33(23-44-35-39-37-27(3)41(35)29-17-7-5-8-18-29)43-34(32-22-14-12-16-26(32)2)24-45-36-40-38-28(4)42(36)30-19-9-6-10-20-30/h5-22,33-34H,23-24H2,1-4H3. The minimum atomic E-state index is -0.198. The Morgan fingerprint density at radius 2 is 0.889 bits per heavy atom. The van der Waals surface area contributed by atoms with Crippen LogP contribution in [0.5, 0.6) is 0 Å². The van der Waals surface area contributed by atoms with Crippen molar-refractivity contribution in [1.29, 1.82) is 0 Å². The summed E-state index contributed by atoms with van der Waals surface area (Å²) in [6.45, 7) is 8.27. The summed E-state index contributed by atoms with van der Waals surface area (Å²) in [6, 6.07) is 37.5. The number of nitrogens with zero attached hydrogens (tertiary/aromatic N) is 6. The molecule has 2 unspecified atom stereocenters. The van der Waals surface area contributed by atoms with Crippen LogP contribution in [0.15, 0.2) is 120 Å². The third kappa shape index (κ3) is 7.06. The van der Waals surface area contributed by atoms with Gasteiger partial charge in [0.25, 0.3) is 0 Å². The normalized spacial score (nSPS) is 12.7. The molecule has 228 valence electrons. The van der Waals surface area contributed by atoms with E-state index in [0.717, 1.165) is 33.3 Å². The molecule has 0 radical (unpaired) electrons. The average Bonchev–Trinajstić information content (AvgIpc) is 3.63. The summed E-state index contributed by atoms with van der Waals surface area (Å²) in [5, 5.41) is 19.6. The molecule has 0 amide bonds. The second-order valence-corrected chi connectivity index (χ2v) is 12.8. The molecule has 0 N–H and O–H groups in total. The Bertz CT molecular complexity index is 1720. The fourth-order valence-electron chi connectivity index (χ4n) is 5.42. The van der Waals surface area contributed by atoms with E-state index < -0.39 is 0 Å². The van der Waals surface area contributed by atoms with Gasteiger partial charge in [0.2, 0.25) is 0 Å². The highest BCUT2D eigenvalue weighted by atomic mass is 32.2. The van der Waals surface area contributed by atoms with Gasteiger partial charge in [-0.25, -0.2) is 0 Å². The number of hydrogen-bond donors (Lipinski definition) is 0. The fourth-order valence-corrected chi connectivity index (χ4v) is 7.47. The zero-order chi connectivity index (χ0) is 31.2. The van der Waals surface area contributed by atoms with Crippen LogP contribution in [0.2, 0.25) is 0 Å². The first-order valence-electron chi connectivity index (χ1n) is 15.0. The molecule has 0 aliphatic rings. The third-order valence-corrected chi connectivity index (χ3v) is 9.73. The number of aryl methyl sites for hydroxylation is 4. The van der Waals surface area contributed by atoms with Gasteiger partial charge in [-0.2, -0.15) is 0 Å². The van der Waals surface area contributed by atoms with Crippen molar-refractivity contribution in [2.75, 3.05) is 11.5 Å². The molecule has 0 fully saturated rings. The van der Waals surface area contributed by atoms with Crippen molar-refractivity contribution in [3.8, 4) is 11.4 Å². The van der Waals surface area contributed by atoms with Gasteiger partial charge in [-0.3, -0.25) is 9.13 Å². The first-order chi connectivity index (χ1) is 22.0. The highest BCUT2D eigenvalue weighted by Crippen LogP contribution is 2.37. The maximum atomic E-state index is 7.18. The number of aromatic nitrogens is 6. The van der Waals surface area contributed by atoms with Crippen molar-refractivity contribution < 1.29 is 4.74 Å². The Morgan fingerprint density at radius 3 is 1.29 bits per heavy atom. The van der Waals surface area contributed by atoms with Crippen molar-refractivity contribution in [3.63, 3.8) is 0 Å². The lowest BCUT2D eigenvalue weighted by Gasteiger charge is -2.27. The summed E-state index contributed by atoms with van der Waals surface area (Å²) < 4.78 is 11.4. The molecule has 2 heterocycles. The van der Waals surface area contributed by atoms with Crippen molar-refractivity contribution in [2.45, 2.75) is 50.2 Å². The molecule has 7 nitrogen and oxygen atoms in total. The van der Waals surface area contributed by atoms with Crippen molar-refractivity contribution in [3.05, 3.63) is 143 Å². The third-order valence-electron chi connectivity index (χ3n) is 7.75. The van der Waals surface area contributed by atoms with E-state index in [0.29, 0.717) is 11.5 Å². The average molecular weight is 633 g/mol. The van der Waals surface area contributed by atoms with Gasteiger partial charge in [-0.15, -0.1) is 20.4 Å². The minimum absolute atomic E-state index is 0.198. The first-order valence-corrected chi connectivity index (χ1v) is 16.9. The van der Waals surface area contributed by atoms with E-state index in [1.54, 1.807) is 23.5 Å². The first kappa shape index (κ1) is 30.8. The Kier molecular flexibility index (Phi) is 9.78. The molecule has 0 bridgehead atoms. The predicted octanol–water partition coefficient (Wildman–Crippen LogP) is 8.47. The lowest BCUT2D eigenvalue weighted by molar-refractivity contribution is 0.0108. The van der Waals surface area contributed by atoms with E-state index in [9.17, 15) is 0 Å². The van der Waals surface area contributed by atoms with Gasteiger partial charge in [-0.1, -0.05) is 108 Å². The monoisotopic (exact) mass is 632 g/mol. The zero-order valence-corrected chi connectivity index (χ0v) is 27.5. The summed E-state index contributed by atoms with van der Waals surface area (Å²) in [6.07, 6.45) is -0.396. The predicted molar refractivity (Wildman–Crippen MR) is 183 cm³/mol. The molecular weight excluding hydrogens is 597 g/mol. The van der Waals surface area contributed by atoms with Crippen LogP contribution >= 0.6 is 23.5 Å². The molecule has 45 heavy (non-hydrogen) atoms. The van der Waals surface area contributed by atoms with Crippen LogP contribution in [0.3, 0.4) is 0 Å². The second kappa shape index (κ2) is 14.3. The van der Waals surface area contributed by atoms with Crippen LogP contribution in [-0.2, 0) is 4.74 Å². The van der Waals surface area contributed by atoms with E-state index in [1.807, 2.05) is 50.2 Å². The fraction of sp³-hybridized carbons (Fsp3) is 0.222. The summed E-state index contributed by atoms with van der Waals surface area (Å²) in [5.74, 6) is 3.04. The summed E-state index contributed by atoms with van der Waals surface area (Å²) in [4.78, 5) is 0. The van der Waals surface area contributed by atoms with Gasteiger partial charge in [0.05, 0.1) is 12.2 Å². The molecular formula is C36H36N6OS2. The van der Waals surface area contributed by atoms with Crippen LogP contribution in [0.4, 0.5) is 0 Å². The minimum Gasteiger partial charge on any atom is -0.364 e. The molecule has 0 spiro atoms. The molecule has 0 aliphatic heterocycles. The van der Waals surface area contributed by atoms with Crippen molar-refractivity contribution >= 4 is 23.5 Å². The molecule has 2 aromatic heterocycles. The molecule has 9 heteroatoms. The lowest BCUT2D eigenvalue weighted by Crippen LogP contribution is -2.17. The summed E-state index contributed by atoms with van der Waals surface area (Å²) in [7, 11) is 0. The summed E-state index contributed by atoms with van der Waals surface area (Å²) in [5.41, 5.74) is 6.81. The SMILES string of the molecule is Cc1ccccc1C(CSc1nnc(C)n1-c1ccccc1)OC(CSc1nnc(C)n1-c1ccccc1)c1ccccc1C. The lowest BCUT2D eigenvalue weighted by atomic mass is 10.0. The number of rotatable bonds is 12. The largest absolute Gasteiger partial charge is 0.364 e. The summed E-state index contributed by atoms with van der Waals surface area (Å²) >= 11 is 3.33. The van der Waals surface area contributed by atoms with Crippen LogP contribution in [-0.4, -0.2) is 41.0 Å². The molecule has 0 saturated heterocycles. The molecule has 6 aromatic rings. The van der Waals surface area contributed by atoms with E-state index in [1.165, 1.54) is 22.3 Å². The van der Waals surface area contributed by atoms with Gasteiger partial charge in [-0.05, 0) is 74.2 Å². The van der Waals surface area contributed by atoms with Crippen LogP contribution in [0, 0.1) is 27.7 Å². The Morgan fingerprint density at radius 1 is 0.511 bits per heavy atom. The Hall–Kier alpha value is -4.18. The van der Waals surface area contributed by atoms with Crippen molar-refractivity contribution in [2.24, 2.45) is 0 Å². The van der Waals surface area contributed by atoms with Gasteiger partial charge in [0.1, 0.15) is 11.6 Å². The van der Waals surface area contributed by atoms with Gasteiger partial charge < -0.3 is 4.74 Å². The van der Waals surface area contributed by atoms with Gasteiger partial charge in [0.15, 0.2) is 10.3 Å². The highest BCUT2D eigenvalue weighted by molar-refractivity contribution is 7.99. The highest BCUT2D eigenvalue weighted by Gasteiger charge is 2.25. The number of thioether (sulfide) groups is 2. The second-order valence-electron chi connectivity index (χ2n) is 10.9. The van der Waals surface area contributed by atoms with Crippen LogP contribution in [0.1, 0.15) is 46.1 Å². The number of benzene rings is 4. The van der Waals surface area contributed by atoms with E-state index >= 15 is 0 Å². The van der Waals surface area contributed by atoms with E-state index in [4.69, 9.17) is 4.74 Å². The molecule has 4 aromatic carbocycles. The molecule has 0 aliphatic carbocycles. The topological polar surface area (TPSA) is 70.7 Å². The maximum absolute atomic E-state index is 7.18. The van der Waals surface area contributed by atoms with E-state index in [2.05, 4.69) is 116 Å². The van der Waals surface area contributed by atoms with Crippen LogP contribution < -0.4 is 0 Å². The molecule has 6 rings (SSSR count). The van der Waals surface area contributed by atoms with E-state index in [-0.39, 0.29) is 12.2 Å². The number of hydrogen-bond acceptors (Lipinski definition) is 7. The Balaban J connectivity index is 1.31. The zero-order valence-electron chi connectivity index (χ0n) is 25.9. The van der Waals surface area contributed by atoms with Gasteiger partial charge >= 0.3 is 0 Å².